The van der Waals surface area contributed by atoms with Crippen molar-refractivity contribution in [2.45, 2.75) is 68.8 Å². The first-order valence-corrected chi connectivity index (χ1v) is 14.3. The van der Waals surface area contributed by atoms with Crippen LogP contribution in [-0.2, 0) is 9.47 Å². The lowest BCUT2D eigenvalue weighted by Gasteiger charge is -2.45. The van der Waals surface area contributed by atoms with Gasteiger partial charge in [-0.25, -0.2) is 9.98 Å². The number of nitrogens with zero attached hydrogens (tertiary/aromatic N) is 4. The number of carbonyl (C=O) groups is 1. The first kappa shape index (κ1) is 24.8. The van der Waals surface area contributed by atoms with Gasteiger partial charge in [-0.15, -0.1) is 0 Å². The SMILES string of the molecule is C[SiH](C)[C@@]1(N2CN=C3C2=NC=NC3(N)C(=O)c2ccccc2)O[C@H](CO)[C@@H](OC(C)(C)C)[C@H]1O. The van der Waals surface area contributed by atoms with E-state index in [4.69, 9.17) is 15.2 Å². The van der Waals surface area contributed by atoms with Gasteiger partial charge in [0.05, 0.1) is 21.0 Å². The van der Waals surface area contributed by atoms with E-state index in [0.717, 1.165) is 0 Å². The summed E-state index contributed by atoms with van der Waals surface area (Å²) in [5.41, 5.74) is 4.89. The van der Waals surface area contributed by atoms with Gasteiger partial charge in [0.2, 0.25) is 11.4 Å². The van der Waals surface area contributed by atoms with E-state index in [1.54, 1.807) is 29.2 Å². The van der Waals surface area contributed by atoms with Crippen molar-refractivity contribution >= 4 is 32.5 Å². The van der Waals surface area contributed by atoms with E-state index < -0.39 is 49.5 Å². The fourth-order valence-electron chi connectivity index (χ4n) is 4.84. The molecule has 0 bridgehead atoms. The molecule has 1 saturated heterocycles. The number of rotatable bonds is 6. The Bertz CT molecular complexity index is 1040. The van der Waals surface area contributed by atoms with Crippen molar-refractivity contribution in [2.24, 2.45) is 20.7 Å². The molecule has 1 aromatic rings. The molecule has 0 amide bonds. The number of carbonyl (C=O) groups excluding carboxylic acids is 1. The molecule has 3 aliphatic heterocycles. The van der Waals surface area contributed by atoms with Crippen LogP contribution in [0.2, 0.25) is 13.1 Å². The van der Waals surface area contributed by atoms with E-state index in [1.807, 2.05) is 39.9 Å². The van der Waals surface area contributed by atoms with Crippen LogP contribution in [0, 0.1) is 0 Å². The molecule has 0 aromatic heterocycles. The summed E-state index contributed by atoms with van der Waals surface area (Å²) in [7, 11) is -1.88. The second-order valence-corrected chi connectivity index (χ2v) is 13.3. The van der Waals surface area contributed by atoms with Crippen molar-refractivity contribution in [1.29, 1.82) is 0 Å². The summed E-state index contributed by atoms with van der Waals surface area (Å²) >= 11 is 0. The van der Waals surface area contributed by atoms with Gasteiger partial charge >= 0.3 is 0 Å². The first-order chi connectivity index (χ1) is 16.0. The average molecular weight is 488 g/mol. The normalized spacial score (nSPS) is 33.2. The van der Waals surface area contributed by atoms with Gasteiger partial charge in [0.15, 0.2) is 11.2 Å². The number of ketones is 1. The molecule has 1 unspecified atom stereocenters. The molecular formula is C23H33N5O5Si. The van der Waals surface area contributed by atoms with Gasteiger partial charge in [-0.05, 0) is 20.8 Å². The molecule has 10 nitrogen and oxygen atoms in total. The summed E-state index contributed by atoms with van der Waals surface area (Å²) in [5, 5.41) is 20.5. The number of aliphatic hydroxyl groups excluding tert-OH is 2. The summed E-state index contributed by atoms with van der Waals surface area (Å²) in [6, 6.07) is 8.69. The lowest BCUT2D eigenvalue weighted by atomic mass is 9.93. The fraction of sp³-hybridized carbons (Fsp3) is 0.565. The summed E-state index contributed by atoms with van der Waals surface area (Å²) in [6.07, 6.45) is -1.31. The Morgan fingerprint density at radius 2 is 2.00 bits per heavy atom. The predicted octanol–water partition coefficient (Wildman–Crippen LogP) is 0.337. The van der Waals surface area contributed by atoms with Gasteiger partial charge < -0.3 is 24.6 Å². The van der Waals surface area contributed by atoms with Crippen LogP contribution in [-0.4, -0.2) is 95.8 Å². The molecule has 0 radical (unpaired) electrons. The fourth-order valence-corrected chi connectivity index (χ4v) is 6.98. The highest BCUT2D eigenvalue weighted by Crippen LogP contribution is 2.41. The van der Waals surface area contributed by atoms with Crippen LogP contribution >= 0.6 is 0 Å². The number of aliphatic imine (C=N–C) groups is 3. The number of hydrogen-bond donors (Lipinski definition) is 3. The second-order valence-electron chi connectivity index (χ2n) is 10.1. The van der Waals surface area contributed by atoms with Crippen LogP contribution < -0.4 is 5.73 Å². The van der Waals surface area contributed by atoms with E-state index in [-0.39, 0.29) is 19.0 Å². The van der Waals surface area contributed by atoms with E-state index in [2.05, 4.69) is 15.0 Å². The summed E-state index contributed by atoms with van der Waals surface area (Å²) in [5.74, 6) is -0.0570. The molecular weight excluding hydrogens is 454 g/mol. The smallest absolute Gasteiger partial charge is 0.219 e. The van der Waals surface area contributed by atoms with Crippen molar-refractivity contribution in [3.05, 3.63) is 35.9 Å². The van der Waals surface area contributed by atoms with Crippen LogP contribution in [0.5, 0.6) is 0 Å². The highest BCUT2D eigenvalue weighted by atomic mass is 28.3. The molecule has 34 heavy (non-hydrogen) atoms. The van der Waals surface area contributed by atoms with Crippen molar-refractivity contribution < 1.29 is 24.5 Å². The molecule has 4 N–H and O–H groups in total. The molecule has 184 valence electrons. The van der Waals surface area contributed by atoms with E-state index in [1.165, 1.54) is 6.34 Å². The summed E-state index contributed by atoms with van der Waals surface area (Å²) in [6.45, 7) is 9.51. The van der Waals surface area contributed by atoms with Crippen LogP contribution in [0.25, 0.3) is 0 Å². The zero-order chi connectivity index (χ0) is 24.9. The maximum absolute atomic E-state index is 13.4. The van der Waals surface area contributed by atoms with Crippen LogP contribution in [0.1, 0.15) is 31.1 Å². The molecule has 1 fully saturated rings. The number of nitrogens with two attached hydrogens (primary N) is 1. The molecule has 3 aliphatic rings. The van der Waals surface area contributed by atoms with Crippen molar-refractivity contribution in [1.82, 2.24) is 4.90 Å². The Morgan fingerprint density at radius 1 is 1.32 bits per heavy atom. The molecule has 5 atom stereocenters. The molecule has 0 saturated carbocycles. The standard InChI is InChI=1S/C23H33N5O5Si/c1-21(2,3)33-16-15(11-29)32-23(19(16)31,34(4)5)28-13-26-17-20(28)25-12-27-22(17,24)18(30)14-9-7-6-8-10-14/h6-10,12,15-16,19,29,31,34H,11,13,24H2,1-5H3/t15-,16-,19-,22?,23+/m1/s1. The Morgan fingerprint density at radius 3 is 2.59 bits per heavy atom. The van der Waals surface area contributed by atoms with Crippen molar-refractivity contribution in [3.63, 3.8) is 0 Å². The maximum Gasteiger partial charge on any atom is 0.219 e. The van der Waals surface area contributed by atoms with Crippen LogP contribution in [0.15, 0.2) is 45.3 Å². The third kappa shape index (κ3) is 3.86. The number of fused-ring (bicyclic) bond motifs is 1. The Balaban J connectivity index is 1.71. The van der Waals surface area contributed by atoms with E-state index in [0.29, 0.717) is 11.4 Å². The van der Waals surface area contributed by atoms with Gasteiger partial charge in [-0.1, -0.05) is 43.4 Å². The maximum atomic E-state index is 13.4. The monoisotopic (exact) mass is 487 g/mol. The Hall–Kier alpha value is -2.28. The van der Waals surface area contributed by atoms with Crippen LogP contribution in [0.4, 0.5) is 0 Å². The first-order valence-electron chi connectivity index (χ1n) is 11.4. The lowest BCUT2D eigenvalue weighted by Crippen LogP contribution is -2.68. The van der Waals surface area contributed by atoms with E-state index in [9.17, 15) is 15.0 Å². The number of aliphatic hydroxyl groups is 2. The van der Waals surface area contributed by atoms with Gasteiger partial charge in [0.25, 0.3) is 0 Å². The quantitative estimate of drug-likeness (QED) is 0.388. The van der Waals surface area contributed by atoms with Crippen molar-refractivity contribution in [3.8, 4) is 0 Å². The zero-order valence-corrected chi connectivity index (χ0v) is 21.3. The van der Waals surface area contributed by atoms with Crippen LogP contribution in [0.3, 0.4) is 0 Å². The second kappa shape index (κ2) is 8.74. The van der Waals surface area contributed by atoms with Crippen molar-refractivity contribution in [2.75, 3.05) is 13.3 Å². The third-order valence-electron chi connectivity index (χ3n) is 6.38. The Kier molecular flexibility index (Phi) is 6.38. The third-order valence-corrected chi connectivity index (χ3v) is 8.83. The number of benzene rings is 1. The molecule has 0 aliphatic carbocycles. The van der Waals surface area contributed by atoms with Gasteiger partial charge in [0, 0.05) is 5.56 Å². The molecule has 11 heteroatoms. The van der Waals surface area contributed by atoms with Gasteiger partial charge in [-0.3, -0.25) is 15.5 Å². The van der Waals surface area contributed by atoms with Gasteiger partial charge in [0.1, 0.15) is 37.0 Å². The largest absolute Gasteiger partial charge is 0.394 e. The minimum absolute atomic E-state index is 0.0845. The summed E-state index contributed by atoms with van der Waals surface area (Å²) in [4.78, 5) is 28.3. The highest BCUT2D eigenvalue weighted by Gasteiger charge is 2.63. The highest BCUT2D eigenvalue weighted by molar-refractivity contribution is 6.61. The van der Waals surface area contributed by atoms with E-state index >= 15 is 0 Å². The average Bonchev–Trinajstić information content (AvgIpc) is 3.34. The minimum Gasteiger partial charge on any atom is -0.394 e. The number of amidine groups is 1. The number of ether oxygens (including phenoxy) is 2. The predicted molar refractivity (Wildman–Crippen MR) is 132 cm³/mol. The molecule has 3 heterocycles. The van der Waals surface area contributed by atoms with Gasteiger partial charge in [-0.2, -0.15) is 0 Å². The lowest BCUT2D eigenvalue weighted by molar-refractivity contribution is -0.119. The number of hydrogen-bond acceptors (Lipinski definition) is 10. The zero-order valence-electron chi connectivity index (χ0n) is 20.2. The Labute approximate surface area is 200 Å². The molecule has 1 aromatic carbocycles. The number of Topliss-reactive ketones (excluding diaryl/α,β-unsaturated/α-hetero) is 1. The molecule has 4 rings (SSSR count). The molecule has 0 spiro atoms. The minimum atomic E-state index is -1.88. The summed E-state index contributed by atoms with van der Waals surface area (Å²) < 4.78 is 12.5. The topological polar surface area (TPSA) is 142 Å².